The molecule has 8 heteroatoms. The van der Waals surface area contributed by atoms with Gasteiger partial charge in [0, 0.05) is 24.6 Å². The standard InChI is InChI=1S/C21H22N4O4/c1-13-6-7-14(2)18(10-13)25-20(27)9-8-17(24-25)21(28)23-15-4-3-5-16(11-15)29-12-19(22)26/h3-7,10-11H,8-9,12H2,1-2H3,(H2,22,26)(H,23,28). The summed E-state index contributed by atoms with van der Waals surface area (Å²) in [5.41, 5.74) is 8.37. The molecule has 3 rings (SSSR count). The van der Waals surface area contributed by atoms with E-state index in [4.69, 9.17) is 10.5 Å². The van der Waals surface area contributed by atoms with Crippen LogP contribution in [0.25, 0.3) is 0 Å². The number of ether oxygens (including phenoxy) is 1. The van der Waals surface area contributed by atoms with Gasteiger partial charge in [-0.3, -0.25) is 14.4 Å². The summed E-state index contributed by atoms with van der Waals surface area (Å²) in [6.45, 7) is 3.57. The van der Waals surface area contributed by atoms with Gasteiger partial charge in [-0.05, 0) is 43.2 Å². The van der Waals surface area contributed by atoms with Gasteiger partial charge in [-0.2, -0.15) is 5.10 Å². The van der Waals surface area contributed by atoms with Gasteiger partial charge in [0.2, 0.25) is 5.91 Å². The number of amides is 3. The molecular formula is C21H22N4O4. The number of hydrogen-bond acceptors (Lipinski definition) is 5. The Morgan fingerprint density at radius 1 is 1.17 bits per heavy atom. The van der Waals surface area contributed by atoms with Crippen molar-refractivity contribution in [3.05, 3.63) is 53.6 Å². The van der Waals surface area contributed by atoms with Gasteiger partial charge in [0.25, 0.3) is 11.8 Å². The summed E-state index contributed by atoms with van der Waals surface area (Å²) in [6.07, 6.45) is 0.450. The molecule has 0 saturated carbocycles. The predicted octanol–water partition coefficient (Wildman–Crippen LogP) is 2.29. The lowest BCUT2D eigenvalue weighted by Crippen LogP contribution is -2.36. The van der Waals surface area contributed by atoms with Crippen LogP contribution in [0.3, 0.4) is 0 Å². The highest BCUT2D eigenvalue weighted by molar-refractivity contribution is 6.44. The Bertz CT molecular complexity index is 1000. The minimum absolute atomic E-state index is 0.155. The van der Waals surface area contributed by atoms with Crippen molar-refractivity contribution in [2.75, 3.05) is 16.9 Å². The topological polar surface area (TPSA) is 114 Å². The van der Waals surface area contributed by atoms with Gasteiger partial charge in [-0.25, -0.2) is 5.01 Å². The maximum atomic E-state index is 12.7. The van der Waals surface area contributed by atoms with Gasteiger partial charge in [0.05, 0.1) is 5.69 Å². The monoisotopic (exact) mass is 394 g/mol. The Hall–Kier alpha value is -3.68. The highest BCUT2D eigenvalue weighted by Gasteiger charge is 2.26. The normalized spacial score (nSPS) is 13.7. The molecule has 3 amide bonds. The van der Waals surface area contributed by atoms with Crippen molar-refractivity contribution in [1.82, 2.24) is 0 Å². The minimum Gasteiger partial charge on any atom is -0.484 e. The number of aryl methyl sites for hydroxylation is 2. The zero-order valence-corrected chi connectivity index (χ0v) is 16.3. The van der Waals surface area contributed by atoms with E-state index in [2.05, 4.69) is 10.4 Å². The molecule has 0 unspecified atom stereocenters. The SMILES string of the molecule is Cc1ccc(C)c(N2N=C(C(=O)Nc3cccc(OCC(N)=O)c3)CCC2=O)c1. The summed E-state index contributed by atoms with van der Waals surface area (Å²) in [6, 6.07) is 12.3. The smallest absolute Gasteiger partial charge is 0.271 e. The first-order valence-electron chi connectivity index (χ1n) is 9.13. The summed E-state index contributed by atoms with van der Waals surface area (Å²) in [7, 11) is 0. The second kappa shape index (κ2) is 8.55. The summed E-state index contributed by atoms with van der Waals surface area (Å²) in [5.74, 6) is -0.747. The van der Waals surface area contributed by atoms with Crippen LogP contribution in [-0.2, 0) is 14.4 Å². The van der Waals surface area contributed by atoms with Crippen LogP contribution < -0.4 is 20.8 Å². The number of nitrogens with two attached hydrogens (primary N) is 1. The number of rotatable bonds is 6. The summed E-state index contributed by atoms with van der Waals surface area (Å²) >= 11 is 0. The lowest BCUT2D eigenvalue weighted by atomic mass is 10.1. The van der Waals surface area contributed by atoms with E-state index >= 15 is 0 Å². The maximum Gasteiger partial charge on any atom is 0.271 e. The van der Waals surface area contributed by atoms with Crippen LogP contribution in [-0.4, -0.2) is 30.0 Å². The van der Waals surface area contributed by atoms with Crippen LogP contribution in [0.5, 0.6) is 5.75 Å². The van der Waals surface area contributed by atoms with Gasteiger partial charge in [-0.15, -0.1) is 0 Å². The Morgan fingerprint density at radius 3 is 2.72 bits per heavy atom. The minimum atomic E-state index is -0.591. The third kappa shape index (κ3) is 4.98. The lowest BCUT2D eigenvalue weighted by molar-refractivity contribution is -0.120. The number of nitrogens with zero attached hydrogens (tertiary/aromatic N) is 2. The van der Waals surface area contributed by atoms with E-state index in [0.717, 1.165) is 11.1 Å². The quantitative estimate of drug-likeness (QED) is 0.782. The van der Waals surface area contributed by atoms with E-state index in [1.807, 2.05) is 32.0 Å². The van der Waals surface area contributed by atoms with Gasteiger partial charge in [0.15, 0.2) is 6.61 Å². The first-order chi connectivity index (χ1) is 13.8. The van der Waals surface area contributed by atoms with Crippen LogP contribution in [0.1, 0.15) is 24.0 Å². The van der Waals surface area contributed by atoms with E-state index in [1.165, 1.54) is 5.01 Å². The average molecular weight is 394 g/mol. The molecule has 0 aliphatic carbocycles. The largest absolute Gasteiger partial charge is 0.484 e. The molecular weight excluding hydrogens is 372 g/mol. The van der Waals surface area contributed by atoms with Crippen LogP contribution in [0.4, 0.5) is 11.4 Å². The van der Waals surface area contributed by atoms with Crippen molar-refractivity contribution in [2.24, 2.45) is 10.8 Å². The molecule has 0 atom stereocenters. The van der Waals surface area contributed by atoms with Crippen molar-refractivity contribution < 1.29 is 19.1 Å². The second-order valence-corrected chi connectivity index (χ2v) is 6.78. The van der Waals surface area contributed by atoms with Crippen LogP contribution in [0, 0.1) is 13.8 Å². The highest BCUT2D eigenvalue weighted by atomic mass is 16.5. The Morgan fingerprint density at radius 2 is 1.97 bits per heavy atom. The highest BCUT2D eigenvalue weighted by Crippen LogP contribution is 2.26. The molecule has 1 aliphatic heterocycles. The molecule has 8 nitrogen and oxygen atoms in total. The van der Waals surface area contributed by atoms with Crippen LogP contribution in [0.15, 0.2) is 47.6 Å². The zero-order chi connectivity index (χ0) is 21.0. The van der Waals surface area contributed by atoms with E-state index in [-0.39, 0.29) is 31.1 Å². The molecule has 0 aromatic heterocycles. The number of benzene rings is 2. The van der Waals surface area contributed by atoms with Crippen molar-refractivity contribution in [3.63, 3.8) is 0 Å². The molecule has 3 N–H and O–H groups in total. The summed E-state index contributed by atoms with van der Waals surface area (Å²) in [5, 5.41) is 8.36. The fourth-order valence-corrected chi connectivity index (χ4v) is 2.87. The van der Waals surface area contributed by atoms with Gasteiger partial charge in [0.1, 0.15) is 11.5 Å². The lowest BCUT2D eigenvalue weighted by Gasteiger charge is -2.24. The van der Waals surface area contributed by atoms with Crippen LogP contribution >= 0.6 is 0 Å². The third-order valence-corrected chi connectivity index (χ3v) is 4.36. The number of carbonyl (C=O) groups excluding carboxylic acids is 3. The number of nitrogens with one attached hydrogen (secondary N) is 1. The molecule has 29 heavy (non-hydrogen) atoms. The predicted molar refractivity (Wildman–Crippen MR) is 110 cm³/mol. The summed E-state index contributed by atoms with van der Waals surface area (Å²) in [4.78, 5) is 35.9. The average Bonchev–Trinajstić information content (AvgIpc) is 2.69. The van der Waals surface area contributed by atoms with E-state index in [0.29, 0.717) is 17.1 Å². The molecule has 1 aliphatic rings. The number of hydrazone groups is 1. The van der Waals surface area contributed by atoms with Crippen molar-refractivity contribution in [3.8, 4) is 5.75 Å². The van der Waals surface area contributed by atoms with Gasteiger partial charge >= 0.3 is 0 Å². The first-order valence-corrected chi connectivity index (χ1v) is 9.13. The van der Waals surface area contributed by atoms with Crippen LogP contribution in [0.2, 0.25) is 0 Å². The molecule has 0 fully saturated rings. The van der Waals surface area contributed by atoms with E-state index in [9.17, 15) is 14.4 Å². The first kappa shape index (κ1) is 20.1. The molecule has 2 aromatic carbocycles. The fourth-order valence-electron chi connectivity index (χ4n) is 2.87. The van der Waals surface area contributed by atoms with Crippen molar-refractivity contribution in [1.29, 1.82) is 0 Å². The molecule has 0 spiro atoms. The Balaban J connectivity index is 1.78. The van der Waals surface area contributed by atoms with Gasteiger partial charge < -0.3 is 15.8 Å². The van der Waals surface area contributed by atoms with Crippen molar-refractivity contribution >= 4 is 34.8 Å². The second-order valence-electron chi connectivity index (χ2n) is 6.78. The Kier molecular flexibility index (Phi) is 5.92. The maximum absolute atomic E-state index is 12.7. The van der Waals surface area contributed by atoms with Crippen molar-refractivity contribution in [2.45, 2.75) is 26.7 Å². The van der Waals surface area contributed by atoms with Gasteiger partial charge in [-0.1, -0.05) is 18.2 Å². The number of hydrogen-bond donors (Lipinski definition) is 2. The number of carbonyl (C=O) groups is 3. The van der Waals surface area contributed by atoms with E-state index in [1.54, 1.807) is 24.3 Å². The molecule has 0 saturated heterocycles. The molecule has 1 heterocycles. The number of primary amides is 1. The summed E-state index contributed by atoms with van der Waals surface area (Å²) < 4.78 is 5.24. The molecule has 150 valence electrons. The molecule has 0 radical (unpaired) electrons. The number of anilines is 2. The molecule has 2 aromatic rings. The third-order valence-electron chi connectivity index (χ3n) is 4.36. The zero-order valence-electron chi connectivity index (χ0n) is 16.3. The molecule has 0 bridgehead atoms. The fraction of sp³-hybridized carbons (Fsp3) is 0.238. The van der Waals surface area contributed by atoms with E-state index < -0.39 is 11.8 Å². The Labute approximate surface area is 168 Å².